The summed E-state index contributed by atoms with van der Waals surface area (Å²) >= 11 is 0. The maximum atomic E-state index is 5.37. The third kappa shape index (κ3) is 14.3. The maximum absolute atomic E-state index is 5.37. The van der Waals surface area contributed by atoms with Gasteiger partial charge >= 0.3 is 0 Å². The molecule has 2 nitrogen and oxygen atoms in total. The molecule has 0 aromatic rings. The van der Waals surface area contributed by atoms with Crippen molar-refractivity contribution >= 4 is 0 Å². The average Bonchev–Trinajstić information content (AvgIpc) is 2.32. The monoisotopic (exact) mass is 294 g/mol. The first-order chi connectivity index (χ1) is 7.54. The van der Waals surface area contributed by atoms with Crippen LogP contribution in [0.25, 0.3) is 0 Å². The van der Waals surface area contributed by atoms with Gasteiger partial charge in [-0.15, -0.1) is 0 Å². The van der Waals surface area contributed by atoms with Gasteiger partial charge in [-0.25, -0.2) is 0 Å². The molecule has 20 heavy (non-hydrogen) atoms. The normalized spacial score (nSPS) is 25.2. The van der Waals surface area contributed by atoms with Crippen LogP contribution in [-0.2, 0) is 9.47 Å². The van der Waals surface area contributed by atoms with Crippen LogP contribution in [0.3, 0.4) is 0 Å². The summed E-state index contributed by atoms with van der Waals surface area (Å²) in [4.78, 5) is 0. The van der Waals surface area contributed by atoms with Gasteiger partial charge in [-0.05, 0) is 38.0 Å². The van der Waals surface area contributed by atoms with Crippen molar-refractivity contribution in [2.24, 2.45) is 11.8 Å². The van der Waals surface area contributed by atoms with E-state index in [2.05, 4.69) is 27.7 Å². The summed E-state index contributed by atoms with van der Waals surface area (Å²) < 4.78 is 10.3. The van der Waals surface area contributed by atoms with E-state index in [9.17, 15) is 0 Å². The fourth-order valence-electron chi connectivity index (χ4n) is 1.98. The van der Waals surface area contributed by atoms with Crippen LogP contribution in [0, 0.1) is 11.8 Å². The third-order valence-electron chi connectivity index (χ3n) is 3.66. The van der Waals surface area contributed by atoms with Crippen LogP contribution in [0.2, 0.25) is 0 Å². The summed E-state index contributed by atoms with van der Waals surface area (Å²) in [5, 5.41) is 0. The summed E-state index contributed by atoms with van der Waals surface area (Å²) in [6.45, 7) is 8.77. The molecule has 1 rings (SSSR count). The fraction of sp³-hybridized carbons (Fsp3) is 1.00. The molecule has 0 heterocycles. The van der Waals surface area contributed by atoms with E-state index in [0.717, 1.165) is 18.3 Å². The molecule has 1 aliphatic rings. The summed E-state index contributed by atoms with van der Waals surface area (Å²) in [6.07, 6.45) is 6.07. The molecule has 0 saturated heterocycles. The average molecular weight is 295 g/mol. The van der Waals surface area contributed by atoms with Crippen LogP contribution in [0.1, 0.15) is 83.1 Å². The molecule has 0 bridgehead atoms. The van der Waals surface area contributed by atoms with Crippen LogP contribution in [0.15, 0.2) is 0 Å². The van der Waals surface area contributed by atoms with Gasteiger partial charge in [0.2, 0.25) is 0 Å². The summed E-state index contributed by atoms with van der Waals surface area (Å²) in [5.41, 5.74) is 0. The van der Waals surface area contributed by atoms with E-state index < -0.39 is 0 Å². The zero-order valence-corrected chi connectivity index (χ0v) is 12.0. The Bertz CT molecular complexity index is 155. The minimum Gasteiger partial charge on any atom is -0.382 e. The minimum atomic E-state index is 0. The first-order valence-corrected chi connectivity index (χ1v) is 6.60. The SMILES string of the molecule is C.C.C.C.CCC(C)OC.COC1CC(C)CCC1C. The van der Waals surface area contributed by atoms with Crippen LogP contribution in [0.5, 0.6) is 0 Å². The molecule has 1 aliphatic carbocycles. The molecule has 4 atom stereocenters. The summed E-state index contributed by atoms with van der Waals surface area (Å²) in [5.74, 6) is 1.65. The molecule has 0 spiro atoms. The number of hydrogen-bond acceptors (Lipinski definition) is 2. The van der Waals surface area contributed by atoms with Gasteiger partial charge < -0.3 is 9.47 Å². The van der Waals surface area contributed by atoms with E-state index in [1.807, 2.05) is 7.11 Å². The third-order valence-corrected chi connectivity index (χ3v) is 3.66. The molecule has 0 aliphatic heterocycles. The molecule has 1 saturated carbocycles. The number of methoxy groups -OCH3 is 2. The van der Waals surface area contributed by atoms with E-state index >= 15 is 0 Å². The second-order valence-corrected chi connectivity index (χ2v) is 5.12. The highest BCUT2D eigenvalue weighted by molar-refractivity contribution is 4.75. The molecular weight excluding hydrogens is 248 g/mol. The summed E-state index contributed by atoms with van der Waals surface area (Å²) in [6, 6.07) is 0. The lowest BCUT2D eigenvalue weighted by Gasteiger charge is -2.31. The molecule has 0 N–H and O–H groups in total. The van der Waals surface area contributed by atoms with E-state index in [1.54, 1.807) is 7.11 Å². The van der Waals surface area contributed by atoms with Gasteiger partial charge in [0.1, 0.15) is 0 Å². The van der Waals surface area contributed by atoms with E-state index in [1.165, 1.54) is 19.3 Å². The van der Waals surface area contributed by atoms with Crippen molar-refractivity contribution in [3.63, 3.8) is 0 Å². The van der Waals surface area contributed by atoms with Gasteiger partial charge in [0.05, 0.1) is 12.2 Å². The first kappa shape index (κ1) is 32.0. The van der Waals surface area contributed by atoms with E-state index in [0.29, 0.717) is 12.2 Å². The number of hydrogen-bond donors (Lipinski definition) is 0. The van der Waals surface area contributed by atoms with Crippen molar-refractivity contribution in [3.8, 4) is 0 Å². The summed E-state index contributed by atoms with van der Waals surface area (Å²) in [7, 11) is 3.56. The number of rotatable bonds is 3. The second-order valence-electron chi connectivity index (χ2n) is 5.12. The van der Waals surface area contributed by atoms with Crippen molar-refractivity contribution in [1.82, 2.24) is 0 Å². The maximum Gasteiger partial charge on any atom is 0.0599 e. The van der Waals surface area contributed by atoms with Crippen molar-refractivity contribution in [1.29, 1.82) is 0 Å². The Hall–Kier alpha value is -0.0800. The molecule has 1 fully saturated rings. The van der Waals surface area contributed by atoms with Gasteiger partial charge in [-0.3, -0.25) is 0 Å². The molecule has 0 radical (unpaired) electrons. The Morgan fingerprint density at radius 1 is 1.00 bits per heavy atom. The molecule has 0 aromatic carbocycles. The van der Waals surface area contributed by atoms with Gasteiger partial charge in [-0.1, -0.05) is 56.9 Å². The highest BCUT2D eigenvalue weighted by Crippen LogP contribution is 2.29. The highest BCUT2D eigenvalue weighted by Gasteiger charge is 2.24. The van der Waals surface area contributed by atoms with Crippen LogP contribution in [0.4, 0.5) is 0 Å². The Labute approximate surface area is 131 Å². The quantitative estimate of drug-likeness (QED) is 0.597. The number of ether oxygens (including phenoxy) is 2. The highest BCUT2D eigenvalue weighted by atomic mass is 16.5. The molecule has 4 unspecified atom stereocenters. The Balaban J connectivity index is -0.0000000679. The minimum absolute atomic E-state index is 0. The second kappa shape index (κ2) is 18.9. The standard InChI is InChI=1S/C9H18O.C5H12O.4CH4/c1-7-4-5-8(2)9(6-7)10-3;1-4-5(2)6-3;;;;/h7-9H,4-6H2,1-3H3;5H,4H2,1-3H3;4*1H4. The van der Waals surface area contributed by atoms with Crippen molar-refractivity contribution in [2.45, 2.75) is 95.3 Å². The van der Waals surface area contributed by atoms with E-state index in [4.69, 9.17) is 9.47 Å². The van der Waals surface area contributed by atoms with Crippen LogP contribution < -0.4 is 0 Å². The molecule has 130 valence electrons. The lowest BCUT2D eigenvalue weighted by molar-refractivity contribution is 0.0148. The van der Waals surface area contributed by atoms with Gasteiger partial charge in [-0.2, -0.15) is 0 Å². The predicted molar refractivity (Wildman–Crippen MR) is 96.7 cm³/mol. The zero-order valence-electron chi connectivity index (χ0n) is 12.0. The molecule has 2 heteroatoms. The first-order valence-electron chi connectivity index (χ1n) is 6.60. The van der Waals surface area contributed by atoms with Gasteiger partial charge in [0, 0.05) is 14.2 Å². The molecular formula is C18H46O2. The Morgan fingerprint density at radius 2 is 1.50 bits per heavy atom. The fourth-order valence-corrected chi connectivity index (χ4v) is 1.98. The Kier molecular flexibility index (Phi) is 30.3. The predicted octanol–water partition coefficient (Wildman–Crippen LogP) is 6.43. The lowest BCUT2D eigenvalue weighted by atomic mass is 9.82. The molecule has 0 amide bonds. The van der Waals surface area contributed by atoms with Crippen molar-refractivity contribution < 1.29 is 9.47 Å². The lowest BCUT2D eigenvalue weighted by Crippen LogP contribution is -2.27. The van der Waals surface area contributed by atoms with Crippen molar-refractivity contribution in [2.75, 3.05) is 14.2 Å². The van der Waals surface area contributed by atoms with Crippen molar-refractivity contribution in [3.05, 3.63) is 0 Å². The van der Waals surface area contributed by atoms with Crippen LogP contribution in [-0.4, -0.2) is 26.4 Å². The van der Waals surface area contributed by atoms with Gasteiger partial charge in [0.15, 0.2) is 0 Å². The Morgan fingerprint density at radius 3 is 1.75 bits per heavy atom. The topological polar surface area (TPSA) is 18.5 Å². The van der Waals surface area contributed by atoms with E-state index in [-0.39, 0.29) is 29.7 Å². The zero-order chi connectivity index (χ0) is 12.6. The molecule has 0 aromatic heterocycles. The van der Waals surface area contributed by atoms with Gasteiger partial charge in [0.25, 0.3) is 0 Å². The smallest absolute Gasteiger partial charge is 0.0599 e. The van der Waals surface area contributed by atoms with Crippen LogP contribution >= 0.6 is 0 Å². The largest absolute Gasteiger partial charge is 0.382 e.